The van der Waals surface area contributed by atoms with Gasteiger partial charge in [0.05, 0.1) is 13.2 Å². The second-order valence-corrected chi connectivity index (χ2v) is 6.42. The number of hydrogen-bond donors (Lipinski definition) is 1. The standard InChI is InChI=1S/C18H25Cl2NO4/c1-4-15-12-16(24-10-7-17(19)20)11-13(2)18(15)25-9-6-5-8-23-14(3)21-22/h7,11-12,22H,4-6,8-10H2,1-3H3. The predicted molar refractivity (Wildman–Crippen MR) is 101 cm³/mol. The van der Waals surface area contributed by atoms with Gasteiger partial charge in [-0.3, -0.25) is 0 Å². The summed E-state index contributed by atoms with van der Waals surface area (Å²) in [6.45, 7) is 7.09. The van der Waals surface area contributed by atoms with Crippen LogP contribution in [0.3, 0.4) is 0 Å². The summed E-state index contributed by atoms with van der Waals surface area (Å²) in [6, 6.07) is 3.91. The normalized spacial score (nSPS) is 11.2. The molecule has 140 valence electrons. The van der Waals surface area contributed by atoms with E-state index in [4.69, 9.17) is 42.6 Å². The number of benzene rings is 1. The number of unbranched alkanes of at least 4 members (excludes halogenated alkanes) is 1. The lowest BCUT2D eigenvalue weighted by Gasteiger charge is -2.15. The summed E-state index contributed by atoms with van der Waals surface area (Å²) < 4.78 is 17.0. The van der Waals surface area contributed by atoms with Crippen LogP contribution in [0.4, 0.5) is 0 Å². The average molecular weight is 390 g/mol. The minimum atomic E-state index is 0.192. The Morgan fingerprint density at radius 3 is 2.56 bits per heavy atom. The zero-order valence-corrected chi connectivity index (χ0v) is 16.4. The van der Waals surface area contributed by atoms with Gasteiger partial charge in [-0.25, -0.2) is 0 Å². The molecule has 0 unspecified atom stereocenters. The number of aryl methyl sites for hydroxylation is 2. The first-order valence-corrected chi connectivity index (χ1v) is 8.95. The van der Waals surface area contributed by atoms with Crippen molar-refractivity contribution in [1.82, 2.24) is 0 Å². The summed E-state index contributed by atoms with van der Waals surface area (Å²) in [5.74, 6) is 1.93. The zero-order valence-electron chi connectivity index (χ0n) is 14.8. The molecule has 0 aliphatic heterocycles. The highest BCUT2D eigenvalue weighted by Crippen LogP contribution is 2.30. The highest BCUT2D eigenvalue weighted by Gasteiger charge is 2.09. The van der Waals surface area contributed by atoms with Gasteiger partial charge in [-0.2, -0.15) is 0 Å². The van der Waals surface area contributed by atoms with Crippen molar-refractivity contribution < 1.29 is 19.4 Å². The van der Waals surface area contributed by atoms with Gasteiger partial charge in [0, 0.05) is 6.92 Å². The van der Waals surface area contributed by atoms with Crippen LogP contribution in [-0.4, -0.2) is 30.9 Å². The number of halogens is 2. The Hall–Kier alpha value is -1.59. The van der Waals surface area contributed by atoms with Crippen molar-refractivity contribution in [1.29, 1.82) is 0 Å². The van der Waals surface area contributed by atoms with Gasteiger partial charge in [0.2, 0.25) is 5.90 Å². The van der Waals surface area contributed by atoms with Crippen molar-refractivity contribution in [2.24, 2.45) is 5.16 Å². The van der Waals surface area contributed by atoms with Crippen LogP contribution >= 0.6 is 23.2 Å². The van der Waals surface area contributed by atoms with E-state index >= 15 is 0 Å². The Labute approximate surface area is 159 Å². The molecule has 0 saturated carbocycles. The largest absolute Gasteiger partial charge is 0.493 e. The first-order valence-electron chi connectivity index (χ1n) is 8.19. The molecule has 0 atom stereocenters. The molecule has 0 aliphatic rings. The maximum absolute atomic E-state index is 8.49. The second kappa shape index (κ2) is 11.9. The number of hydrogen-bond acceptors (Lipinski definition) is 5. The molecule has 5 nitrogen and oxygen atoms in total. The molecule has 0 bridgehead atoms. The summed E-state index contributed by atoms with van der Waals surface area (Å²) in [5.41, 5.74) is 2.12. The highest BCUT2D eigenvalue weighted by molar-refractivity contribution is 6.55. The molecule has 0 heterocycles. The smallest absolute Gasteiger partial charge is 0.222 e. The SMILES string of the molecule is CCc1cc(OCC=C(Cl)Cl)cc(C)c1OCCCCOC(C)=NO. The molecule has 0 radical (unpaired) electrons. The Kier molecular flexibility index (Phi) is 10.2. The van der Waals surface area contributed by atoms with Gasteiger partial charge < -0.3 is 19.4 Å². The molecule has 1 aromatic rings. The number of ether oxygens (including phenoxy) is 3. The zero-order chi connectivity index (χ0) is 18.7. The van der Waals surface area contributed by atoms with Gasteiger partial charge in [0.1, 0.15) is 22.6 Å². The van der Waals surface area contributed by atoms with Crippen LogP contribution < -0.4 is 9.47 Å². The van der Waals surface area contributed by atoms with Crippen LogP contribution in [0.15, 0.2) is 27.9 Å². The Bertz CT molecular complexity index is 599. The minimum Gasteiger partial charge on any atom is -0.493 e. The first kappa shape index (κ1) is 21.5. The van der Waals surface area contributed by atoms with Gasteiger partial charge in [-0.05, 0) is 55.5 Å². The molecule has 7 heteroatoms. The van der Waals surface area contributed by atoms with Gasteiger partial charge >= 0.3 is 0 Å². The van der Waals surface area contributed by atoms with E-state index in [1.165, 1.54) is 0 Å². The predicted octanol–water partition coefficient (Wildman–Crippen LogP) is 5.24. The fraction of sp³-hybridized carbons (Fsp3) is 0.500. The number of rotatable bonds is 10. The molecular formula is C18H25Cl2NO4. The Balaban J connectivity index is 2.54. The van der Waals surface area contributed by atoms with Crippen LogP contribution in [0.5, 0.6) is 11.5 Å². The molecule has 0 aromatic heterocycles. The van der Waals surface area contributed by atoms with E-state index in [2.05, 4.69) is 12.1 Å². The van der Waals surface area contributed by atoms with Crippen LogP contribution in [-0.2, 0) is 11.2 Å². The molecule has 0 amide bonds. The molecule has 0 spiro atoms. The molecule has 0 aliphatic carbocycles. The maximum atomic E-state index is 8.49. The molecule has 1 rings (SSSR count). The molecule has 0 fully saturated rings. The van der Waals surface area contributed by atoms with E-state index in [0.717, 1.165) is 41.9 Å². The van der Waals surface area contributed by atoms with Crippen molar-refractivity contribution in [2.45, 2.75) is 40.0 Å². The third-order valence-electron chi connectivity index (χ3n) is 3.43. The fourth-order valence-corrected chi connectivity index (χ4v) is 2.32. The quantitative estimate of drug-likeness (QED) is 0.195. The van der Waals surface area contributed by atoms with Crippen molar-refractivity contribution in [3.63, 3.8) is 0 Å². The van der Waals surface area contributed by atoms with Crippen molar-refractivity contribution in [2.75, 3.05) is 19.8 Å². The second-order valence-electron chi connectivity index (χ2n) is 5.41. The van der Waals surface area contributed by atoms with E-state index in [1.807, 2.05) is 19.1 Å². The van der Waals surface area contributed by atoms with Gasteiger partial charge in [-0.15, -0.1) is 0 Å². The van der Waals surface area contributed by atoms with Crippen LogP contribution in [0.2, 0.25) is 0 Å². The molecule has 1 aromatic carbocycles. The van der Waals surface area contributed by atoms with E-state index < -0.39 is 0 Å². The fourth-order valence-electron chi connectivity index (χ4n) is 2.19. The van der Waals surface area contributed by atoms with Gasteiger partial charge in [0.15, 0.2) is 0 Å². The molecule has 25 heavy (non-hydrogen) atoms. The Morgan fingerprint density at radius 2 is 1.92 bits per heavy atom. The molecule has 1 N–H and O–H groups in total. The summed E-state index contributed by atoms with van der Waals surface area (Å²) in [7, 11) is 0. The summed E-state index contributed by atoms with van der Waals surface area (Å²) in [6.07, 6.45) is 4.10. The third kappa shape index (κ3) is 8.36. The molecular weight excluding hydrogens is 365 g/mol. The summed E-state index contributed by atoms with van der Waals surface area (Å²) in [5, 5.41) is 11.4. The van der Waals surface area contributed by atoms with Gasteiger partial charge in [0.25, 0.3) is 0 Å². The minimum absolute atomic E-state index is 0.192. The Morgan fingerprint density at radius 1 is 1.20 bits per heavy atom. The third-order valence-corrected chi connectivity index (χ3v) is 3.74. The van der Waals surface area contributed by atoms with Crippen LogP contribution in [0.25, 0.3) is 0 Å². The van der Waals surface area contributed by atoms with Gasteiger partial charge in [-0.1, -0.05) is 35.3 Å². The van der Waals surface area contributed by atoms with Crippen molar-refractivity contribution >= 4 is 29.1 Å². The van der Waals surface area contributed by atoms with E-state index in [1.54, 1.807) is 13.0 Å². The average Bonchev–Trinajstić information content (AvgIpc) is 2.58. The highest BCUT2D eigenvalue weighted by atomic mass is 35.5. The summed E-state index contributed by atoms with van der Waals surface area (Å²) in [4.78, 5) is 0. The lowest BCUT2D eigenvalue weighted by molar-refractivity contribution is 0.234. The maximum Gasteiger partial charge on any atom is 0.222 e. The number of oxime groups is 1. The molecule has 0 saturated heterocycles. The lowest BCUT2D eigenvalue weighted by atomic mass is 10.1. The topological polar surface area (TPSA) is 60.3 Å². The first-order chi connectivity index (χ1) is 12.0. The van der Waals surface area contributed by atoms with E-state index in [9.17, 15) is 0 Å². The van der Waals surface area contributed by atoms with E-state index in [0.29, 0.717) is 19.8 Å². The van der Waals surface area contributed by atoms with Crippen molar-refractivity contribution in [3.05, 3.63) is 33.8 Å². The van der Waals surface area contributed by atoms with Crippen LogP contribution in [0, 0.1) is 6.92 Å². The summed E-state index contributed by atoms with van der Waals surface area (Å²) >= 11 is 11.2. The van der Waals surface area contributed by atoms with Crippen LogP contribution in [0.1, 0.15) is 37.8 Å². The number of nitrogens with zero attached hydrogens (tertiary/aromatic N) is 1. The monoisotopic (exact) mass is 389 g/mol. The lowest BCUT2D eigenvalue weighted by Crippen LogP contribution is -2.06. The van der Waals surface area contributed by atoms with E-state index in [-0.39, 0.29) is 10.4 Å². The van der Waals surface area contributed by atoms with Crippen molar-refractivity contribution in [3.8, 4) is 11.5 Å².